The van der Waals surface area contributed by atoms with Crippen molar-refractivity contribution in [2.75, 3.05) is 18.8 Å². The Balaban J connectivity index is 2.32. The van der Waals surface area contributed by atoms with Gasteiger partial charge in [0.25, 0.3) is 15.9 Å². The number of nitrogens with zero attached hydrogens (tertiary/aromatic N) is 1. The van der Waals surface area contributed by atoms with E-state index in [1.165, 1.54) is 41.3 Å². The summed E-state index contributed by atoms with van der Waals surface area (Å²) >= 11 is 0. The molecule has 23 heavy (non-hydrogen) atoms. The Bertz CT molecular complexity index is 811. The molecule has 7 heteroatoms. The van der Waals surface area contributed by atoms with Gasteiger partial charge in [0.2, 0.25) is 0 Å². The predicted molar refractivity (Wildman–Crippen MR) is 86.4 cm³/mol. The quantitative estimate of drug-likeness (QED) is 0.933. The van der Waals surface area contributed by atoms with Crippen LogP contribution in [-0.4, -0.2) is 33.3 Å². The number of rotatable bonds is 4. The highest BCUT2D eigenvalue weighted by Crippen LogP contribution is 2.23. The highest BCUT2D eigenvalue weighted by molar-refractivity contribution is 7.92. The molecule has 0 unspecified atom stereocenters. The molecule has 0 aliphatic carbocycles. The molecule has 0 atom stereocenters. The van der Waals surface area contributed by atoms with Gasteiger partial charge in [-0.2, -0.15) is 0 Å². The summed E-state index contributed by atoms with van der Waals surface area (Å²) in [7, 11) is -0.723. The molecule has 0 heterocycles. The highest BCUT2D eigenvalue weighted by Gasteiger charge is 2.18. The number of amides is 1. The predicted octanol–water partition coefficient (Wildman–Crippen LogP) is 2.64. The Hall–Kier alpha value is -2.41. The molecule has 0 saturated carbocycles. The van der Waals surface area contributed by atoms with Crippen LogP contribution >= 0.6 is 0 Å². The van der Waals surface area contributed by atoms with Crippen LogP contribution in [0, 0.1) is 12.7 Å². The first-order valence-electron chi connectivity index (χ1n) is 6.82. The molecule has 0 aromatic heterocycles. The summed E-state index contributed by atoms with van der Waals surface area (Å²) in [5.74, 6) is -0.875. The fraction of sp³-hybridized carbons (Fsp3) is 0.188. The van der Waals surface area contributed by atoms with Gasteiger partial charge < -0.3 is 4.90 Å². The minimum absolute atomic E-state index is 0.0459. The van der Waals surface area contributed by atoms with Crippen molar-refractivity contribution < 1.29 is 17.6 Å². The maximum atomic E-state index is 13.8. The standard InChI is InChI=1S/C16H17FN2O3S/c1-11-5-4-6-14(17)15(11)18-23(21,22)13-9-7-12(8-10-13)16(20)19(2)3/h4-10,18H,1-3H3. The fourth-order valence-electron chi connectivity index (χ4n) is 1.99. The van der Waals surface area contributed by atoms with Crippen LogP contribution in [0.25, 0.3) is 0 Å². The molecule has 2 rings (SSSR count). The molecule has 0 aliphatic rings. The summed E-state index contributed by atoms with van der Waals surface area (Å²) < 4.78 is 40.7. The van der Waals surface area contributed by atoms with E-state index in [4.69, 9.17) is 0 Å². The average Bonchev–Trinajstić information content (AvgIpc) is 2.50. The molecule has 0 spiro atoms. The molecular formula is C16H17FN2O3S. The normalized spacial score (nSPS) is 11.1. The van der Waals surface area contributed by atoms with Gasteiger partial charge in [-0.15, -0.1) is 0 Å². The van der Waals surface area contributed by atoms with Crippen LogP contribution in [0.1, 0.15) is 15.9 Å². The second-order valence-corrected chi connectivity index (χ2v) is 6.94. The van der Waals surface area contributed by atoms with Gasteiger partial charge in [-0.3, -0.25) is 9.52 Å². The van der Waals surface area contributed by atoms with Crippen molar-refractivity contribution in [2.45, 2.75) is 11.8 Å². The lowest BCUT2D eigenvalue weighted by Crippen LogP contribution is -2.21. The van der Waals surface area contributed by atoms with Crippen molar-refractivity contribution in [3.8, 4) is 0 Å². The Labute approximate surface area is 134 Å². The summed E-state index contributed by atoms with van der Waals surface area (Å²) in [6.45, 7) is 1.61. The maximum Gasteiger partial charge on any atom is 0.261 e. The smallest absolute Gasteiger partial charge is 0.261 e. The lowest BCUT2D eigenvalue weighted by Gasteiger charge is -2.13. The van der Waals surface area contributed by atoms with Gasteiger partial charge in [0, 0.05) is 19.7 Å². The number of carbonyl (C=O) groups is 1. The van der Waals surface area contributed by atoms with Crippen molar-refractivity contribution in [1.82, 2.24) is 4.90 Å². The molecule has 5 nitrogen and oxygen atoms in total. The van der Waals surface area contributed by atoms with Crippen LogP contribution < -0.4 is 4.72 Å². The SMILES string of the molecule is Cc1cccc(F)c1NS(=O)(=O)c1ccc(C(=O)N(C)C)cc1. The van der Waals surface area contributed by atoms with Crippen molar-refractivity contribution >= 4 is 21.6 Å². The van der Waals surface area contributed by atoms with Gasteiger partial charge in [0.1, 0.15) is 5.82 Å². The largest absolute Gasteiger partial charge is 0.345 e. The minimum atomic E-state index is -3.94. The molecule has 1 N–H and O–H groups in total. The molecule has 0 fully saturated rings. The monoisotopic (exact) mass is 336 g/mol. The summed E-state index contributed by atoms with van der Waals surface area (Å²) in [5.41, 5.74) is 0.768. The first kappa shape index (κ1) is 17.0. The van der Waals surface area contributed by atoms with Crippen LogP contribution in [-0.2, 0) is 10.0 Å². The zero-order valence-electron chi connectivity index (χ0n) is 13.0. The lowest BCUT2D eigenvalue weighted by atomic mass is 10.2. The Morgan fingerprint density at radius 2 is 1.70 bits per heavy atom. The van der Waals surface area contributed by atoms with E-state index in [0.29, 0.717) is 11.1 Å². The lowest BCUT2D eigenvalue weighted by molar-refractivity contribution is 0.0827. The Morgan fingerprint density at radius 1 is 1.09 bits per heavy atom. The number of aryl methyl sites for hydroxylation is 1. The molecule has 122 valence electrons. The molecule has 1 amide bonds. The van der Waals surface area contributed by atoms with Gasteiger partial charge in [-0.25, -0.2) is 12.8 Å². The summed E-state index contributed by atoms with van der Waals surface area (Å²) in [6, 6.07) is 9.77. The van der Waals surface area contributed by atoms with E-state index in [1.807, 2.05) is 0 Å². The number of benzene rings is 2. The zero-order valence-corrected chi connectivity index (χ0v) is 13.8. The fourth-order valence-corrected chi connectivity index (χ4v) is 3.13. The van der Waals surface area contributed by atoms with Crippen LogP contribution in [0.4, 0.5) is 10.1 Å². The molecule has 2 aromatic rings. The van der Waals surface area contributed by atoms with E-state index in [1.54, 1.807) is 27.1 Å². The van der Waals surface area contributed by atoms with Gasteiger partial charge in [-0.1, -0.05) is 12.1 Å². The third kappa shape index (κ3) is 3.68. The molecule has 0 bridgehead atoms. The van der Waals surface area contributed by atoms with Crippen LogP contribution in [0.15, 0.2) is 47.4 Å². The third-order valence-corrected chi connectivity index (χ3v) is 4.64. The van der Waals surface area contributed by atoms with E-state index >= 15 is 0 Å². The number of nitrogens with one attached hydrogen (secondary N) is 1. The topological polar surface area (TPSA) is 66.5 Å². The second kappa shape index (κ2) is 6.37. The average molecular weight is 336 g/mol. The van der Waals surface area contributed by atoms with Crippen molar-refractivity contribution in [3.63, 3.8) is 0 Å². The molecule has 0 radical (unpaired) electrons. The van der Waals surface area contributed by atoms with Gasteiger partial charge in [-0.05, 0) is 42.8 Å². The van der Waals surface area contributed by atoms with Crippen molar-refractivity contribution in [3.05, 3.63) is 59.4 Å². The van der Waals surface area contributed by atoms with E-state index in [2.05, 4.69) is 4.72 Å². The Kier molecular flexibility index (Phi) is 4.70. The second-order valence-electron chi connectivity index (χ2n) is 5.26. The molecular weight excluding hydrogens is 319 g/mol. The molecule has 0 saturated heterocycles. The van der Waals surface area contributed by atoms with E-state index in [-0.39, 0.29) is 16.5 Å². The van der Waals surface area contributed by atoms with Crippen molar-refractivity contribution in [2.24, 2.45) is 0 Å². The van der Waals surface area contributed by atoms with Gasteiger partial charge in [0.15, 0.2) is 0 Å². The summed E-state index contributed by atoms with van der Waals surface area (Å²) in [5, 5.41) is 0. The molecule has 2 aromatic carbocycles. The molecule has 0 aliphatic heterocycles. The number of halogens is 1. The number of hydrogen-bond acceptors (Lipinski definition) is 3. The van der Waals surface area contributed by atoms with E-state index in [0.717, 1.165) is 0 Å². The summed E-state index contributed by atoms with van der Waals surface area (Å²) in [6.07, 6.45) is 0. The number of hydrogen-bond donors (Lipinski definition) is 1. The zero-order chi connectivity index (χ0) is 17.2. The number of sulfonamides is 1. The van der Waals surface area contributed by atoms with Gasteiger partial charge in [0.05, 0.1) is 10.6 Å². The first-order chi connectivity index (χ1) is 10.7. The number of para-hydroxylation sites is 1. The van der Waals surface area contributed by atoms with E-state index in [9.17, 15) is 17.6 Å². The number of carbonyl (C=O) groups excluding carboxylic acids is 1. The van der Waals surface area contributed by atoms with Crippen LogP contribution in [0.2, 0.25) is 0 Å². The summed E-state index contributed by atoms with van der Waals surface area (Å²) in [4.78, 5) is 13.1. The minimum Gasteiger partial charge on any atom is -0.345 e. The number of anilines is 1. The van der Waals surface area contributed by atoms with Crippen LogP contribution in [0.5, 0.6) is 0 Å². The maximum absolute atomic E-state index is 13.8. The third-order valence-electron chi connectivity index (χ3n) is 3.28. The highest BCUT2D eigenvalue weighted by atomic mass is 32.2. The van der Waals surface area contributed by atoms with Crippen molar-refractivity contribution in [1.29, 1.82) is 0 Å². The van der Waals surface area contributed by atoms with E-state index < -0.39 is 15.8 Å². The Morgan fingerprint density at radius 3 is 2.22 bits per heavy atom. The first-order valence-corrected chi connectivity index (χ1v) is 8.30. The van der Waals surface area contributed by atoms with Crippen LogP contribution in [0.3, 0.4) is 0 Å². The van der Waals surface area contributed by atoms with Gasteiger partial charge >= 0.3 is 0 Å².